The summed E-state index contributed by atoms with van der Waals surface area (Å²) in [5, 5.41) is 0. The van der Waals surface area contributed by atoms with Crippen molar-refractivity contribution >= 4 is 23.8 Å². The van der Waals surface area contributed by atoms with E-state index in [1.807, 2.05) is 6.92 Å². The number of carbonyl (C=O) groups excluding carboxylic acids is 2. The Kier molecular flexibility index (Phi) is 5.84. The van der Waals surface area contributed by atoms with Crippen LogP contribution in [0.25, 0.3) is 0 Å². The Labute approximate surface area is 92.8 Å². The van der Waals surface area contributed by atoms with E-state index in [1.165, 1.54) is 0 Å². The van der Waals surface area contributed by atoms with E-state index in [1.54, 1.807) is 0 Å². The summed E-state index contributed by atoms with van der Waals surface area (Å²) in [5.74, 6) is 0.171. The van der Waals surface area contributed by atoms with E-state index < -0.39 is 17.6 Å². The van der Waals surface area contributed by atoms with Gasteiger partial charge < -0.3 is 20.9 Å². The Morgan fingerprint density at radius 1 is 1.20 bits per heavy atom. The van der Waals surface area contributed by atoms with Crippen molar-refractivity contribution < 1.29 is 19.1 Å². The van der Waals surface area contributed by atoms with Crippen LogP contribution in [0.15, 0.2) is 0 Å². The number of rotatable bonds is 6. The van der Waals surface area contributed by atoms with E-state index in [-0.39, 0.29) is 19.1 Å². The summed E-state index contributed by atoms with van der Waals surface area (Å²) in [7, 11) is 0. The monoisotopic (exact) mass is 238 g/mol. The lowest BCUT2D eigenvalue weighted by Crippen LogP contribution is -2.37. The van der Waals surface area contributed by atoms with Crippen molar-refractivity contribution in [1.82, 2.24) is 0 Å². The quantitative estimate of drug-likeness (QED) is 0.668. The van der Waals surface area contributed by atoms with Crippen molar-refractivity contribution in [3.63, 3.8) is 0 Å². The Morgan fingerprint density at radius 2 is 1.60 bits per heavy atom. The molecular weight excluding hydrogens is 224 g/mol. The van der Waals surface area contributed by atoms with Crippen molar-refractivity contribution in [2.24, 2.45) is 16.9 Å². The Morgan fingerprint density at radius 3 is 1.80 bits per heavy atom. The van der Waals surface area contributed by atoms with Crippen LogP contribution in [0.5, 0.6) is 0 Å². The fourth-order valence-electron chi connectivity index (χ4n) is 0.866. The fourth-order valence-corrected chi connectivity index (χ4v) is 1.21. The second kappa shape index (κ2) is 6.34. The molecule has 0 spiro atoms. The number of amides is 2. The van der Waals surface area contributed by atoms with E-state index in [9.17, 15) is 9.59 Å². The highest BCUT2D eigenvalue weighted by atomic mass is 35.5. The molecule has 0 rings (SSSR count). The lowest BCUT2D eigenvalue weighted by atomic mass is 9.89. The summed E-state index contributed by atoms with van der Waals surface area (Å²) in [5.41, 5.74) is 9.02. The molecule has 2 amide bonds. The van der Waals surface area contributed by atoms with Gasteiger partial charge >= 0.3 is 12.2 Å². The van der Waals surface area contributed by atoms with Crippen LogP contribution in [-0.4, -0.2) is 31.3 Å². The van der Waals surface area contributed by atoms with Gasteiger partial charge in [-0.3, -0.25) is 0 Å². The third-order valence-electron chi connectivity index (χ3n) is 2.07. The maximum absolute atomic E-state index is 10.4. The molecule has 0 fully saturated rings. The number of hydrogen-bond acceptors (Lipinski definition) is 4. The van der Waals surface area contributed by atoms with E-state index >= 15 is 0 Å². The molecule has 0 atom stereocenters. The number of alkyl halides is 1. The molecule has 0 saturated carbocycles. The molecule has 4 N–H and O–H groups in total. The van der Waals surface area contributed by atoms with Crippen LogP contribution in [0.4, 0.5) is 9.59 Å². The lowest BCUT2D eigenvalue weighted by Gasteiger charge is -2.28. The lowest BCUT2D eigenvalue weighted by molar-refractivity contribution is 0.0422. The SMILES string of the molecule is CCC(CCl)(COC(N)=O)COC(N)=O. The molecular formula is C8H15ClN2O4. The number of ether oxygens (including phenoxy) is 2. The van der Waals surface area contributed by atoms with Gasteiger partial charge in [-0.2, -0.15) is 0 Å². The summed E-state index contributed by atoms with van der Waals surface area (Å²) >= 11 is 5.73. The van der Waals surface area contributed by atoms with Crippen LogP contribution in [-0.2, 0) is 9.47 Å². The molecule has 0 bridgehead atoms. The van der Waals surface area contributed by atoms with Gasteiger partial charge in [0.25, 0.3) is 0 Å². The molecule has 0 aliphatic carbocycles. The van der Waals surface area contributed by atoms with Gasteiger partial charge in [0.2, 0.25) is 0 Å². The van der Waals surface area contributed by atoms with E-state index in [0.717, 1.165) is 0 Å². The van der Waals surface area contributed by atoms with Gasteiger partial charge in [0.15, 0.2) is 0 Å². The maximum atomic E-state index is 10.4. The minimum absolute atomic E-state index is 0.00435. The third-order valence-corrected chi connectivity index (χ3v) is 2.64. The first-order valence-corrected chi connectivity index (χ1v) is 4.89. The Hall–Kier alpha value is -1.17. The molecule has 0 aromatic carbocycles. The topological polar surface area (TPSA) is 105 Å². The van der Waals surface area contributed by atoms with Crippen LogP contribution >= 0.6 is 11.6 Å². The summed E-state index contributed by atoms with van der Waals surface area (Å²) in [4.78, 5) is 20.9. The summed E-state index contributed by atoms with van der Waals surface area (Å²) in [6, 6.07) is 0. The van der Waals surface area contributed by atoms with E-state index in [4.69, 9.17) is 23.1 Å². The second-order valence-electron chi connectivity index (χ2n) is 3.20. The number of halogens is 1. The minimum Gasteiger partial charge on any atom is -0.449 e. The predicted octanol–water partition coefficient (Wildman–Crippen LogP) is 0.812. The second-order valence-corrected chi connectivity index (χ2v) is 3.47. The van der Waals surface area contributed by atoms with Gasteiger partial charge in [-0.1, -0.05) is 6.92 Å². The van der Waals surface area contributed by atoms with Gasteiger partial charge in [-0.25, -0.2) is 9.59 Å². The molecule has 7 heteroatoms. The van der Waals surface area contributed by atoms with Crippen molar-refractivity contribution in [2.45, 2.75) is 13.3 Å². The number of nitrogens with two attached hydrogens (primary N) is 2. The largest absolute Gasteiger partial charge is 0.449 e. The molecule has 88 valence electrons. The number of carbonyl (C=O) groups is 2. The summed E-state index contributed by atoms with van der Waals surface area (Å²) < 4.78 is 9.29. The van der Waals surface area contributed by atoms with Crippen molar-refractivity contribution in [2.75, 3.05) is 19.1 Å². The van der Waals surface area contributed by atoms with Crippen LogP contribution in [0.3, 0.4) is 0 Å². The molecule has 15 heavy (non-hydrogen) atoms. The first kappa shape index (κ1) is 13.8. The molecule has 0 heterocycles. The average molecular weight is 239 g/mol. The van der Waals surface area contributed by atoms with Gasteiger partial charge in [-0.05, 0) is 6.42 Å². The molecule has 0 unspecified atom stereocenters. The van der Waals surface area contributed by atoms with E-state index in [0.29, 0.717) is 6.42 Å². The van der Waals surface area contributed by atoms with Crippen LogP contribution < -0.4 is 11.5 Å². The molecule has 0 saturated heterocycles. The number of primary amides is 2. The Balaban J connectivity index is 4.29. The van der Waals surface area contributed by atoms with E-state index in [2.05, 4.69) is 9.47 Å². The molecule has 0 aliphatic rings. The zero-order valence-corrected chi connectivity index (χ0v) is 9.25. The molecule has 0 aromatic heterocycles. The summed E-state index contributed by atoms with van der Waals surface area (Å²) in [6.45, 7) is 1.82. The normalized spacial score (nSPS) is 10.8. The smallest absolute Gasteiger partial charge is 0.404 e. The average Bonchev–Trinajstić information content (AvgIpc) is 2.19. The molecule has 0 aromatic rings. The molecule has 0 radical (unpaired) electrons. The predicted molar refractivity (Wildman–Crippen MR) is 54.5 cm³/mol. The first-order valence-electron chi connectivity index (χ1n) is 4.36. The highest BCUT2D eigenvalue weighted by Crippen LogP contribution is 2.24. The van der Waals surface area contributed by atoms with Gasteiger partial charge in [0.1, 0.15) is 13.2 Å². The third kappa shape index (κ3) is 5.31. The maximum Gasteiger partial charge on any atom is 0.404 e. The highest BCUT2D eigenvalue weighted by Gasteiger charge is 2.30. The van der Waals surface area contributed by atoms with Crippen LogP contribution in [0.2, 0.25) is 0 Å². The molecule has 0 aliphatic heterocycles. The van der Waals surface area contributed by atoms with Crippen molar-refractivity contribution in [1.29, 1.82) is 0 Å². The van der Waals surface area contributed by atoms with Crippen LogP contribution in [0.1, 0.15) is 13.3 Å². The van der Waals surface area contributed by atoms with Crippen molar-refractivity contribution in [3.05, 3.63) is 0 Å². The zero-order valence-electron chi connectivity index (χ0n) is 8.49. The van der Waals surface area contributed by atoms with Gasteiger partial charge in [0.05, 0.1) is 5.41 Å². The highest BCUT2D eigenvalue weighted by molar-refractivity contribution is 6.18. The van der Waals surface area contributed by atoms with Gasteiger partial charge in [0, 0.05) is 5.88 Å². The first-order chi connectivity index (χ1) is 6.95. The van der Waals surface area contributed by atoms with Gasteiger partial charge in [-0.15, -0.1) is 11.6 Å². The van der Waals surface area contributed by atoms with Crippen molar-refractivity contribution in [3.8, 4) is 0 Å². The van der Waals surface area contributed by atoms with Crippen LogP contribution in [0, 0.1) is 5.41 Å². The number of hydrogen-bond donors (Lipinski definition) is 2. The minimum atomic E-state index is -0.892. The standard InChI is InChI=1S/C8H15ClN2O4/c1-2-8(3-9,4-14-6(10)12)5-15-7(11)13/h2-5H2,1H3,(H2,10,12)(H2,11,13). The fraction of sp³-hybridized carbons (Fsp3) is 0.750. The summed E-state index contributed by atoms with van der Waals surface area (Å²) in [6.07, 6.45) is -1.22. The Bertz CT molecular complexity index is 211. The zero-order chi connectivity index (χ0) is 11.9. The molecule has 6 nitrogen and oxygen atoms in total.